The van der Waals surface area contributed by atoms with Crippen LogP contribution in [-0.4, -0.2) is 16.8 Å². The number of thioether (sulfide) groups is 2. The highest BCUT2D eigenvalue weighted by atomic mass is 79.9. The highest BCUT2D eigenvalue weighted by Crippen LogP contribution is 2.50. The number of carbonyl (C=O) groups is 1. The zero-order valence-electron chi connectivity index (χ0n) is 10.6. The van der Waals surface area contributed by atoms with E-state index in [1.807, 2.05) is 42.3 Å². The van der Waals surface area contributed by atoms with Crippen molar-refractivity contribution in [3.8, 4) is 0 Å². The van der Waals surface area contributed by atoms with Crippen LogP contribution in [-0.2, 0) is 0 Å². The number of Topliss-reactive ketones (excluding diaryl/α,β-unsaturated/α-hetero) is 1. The van der Waals surface area contributed by atoms with Gasteiger partial charge in [0.2, 0.25) is 0 Å². The van der Waals surface area contributed by atoms with Crippen molar-refractivity contribution in [1.82, 2.24) is 0 Å². The molecule has 2 rings (SSSR count). The fourth-order valence-corrected chi connectivity index (χ4v) is 4.82. The summed E-state index contributed by atoms with van der Waals surface area (Å²) in [5, 5.41) is 0. The van der Waals surface area contributed by atoms with Gasteiger partial charge in [0.25, 0.3) is 0 Å². The van der Waals surface area contributed by atoms with Crippen LogP contribution in [0.3, 0.4) is 0 Å². The molecule has 0 N–H and O–H groups in total. The Morgan fingerprint density at radius 1 is 1.44 bits per heavy atom. The molecule has 1 nitrogen and oxygen atoms in total. The zero-order valence-corrected chi connectivity index (χ0v) is 13.8. The minimum Gasteiger partial charge on any atom is -0.289 e. The molecule has 1 aromatic carbocycles. The van der Waals surface area contributed by atoms with E-state index in [4.69, 9.17) is 0 Å². The van der Waals surface area contributed by atoms with Gasteiger partial charge in [0.05, 0.1) is 0 Å². The summed E-state index contributed by atoms with van der Waals surface area (Å²) in [6.07, 6.45) is 2.89. The molecular formula is C14H15BrOS2. The smallest absolute Gasteiger partial charge is 0.190 e. The zero-order chi connectivity index (χ0) is 13.3. The topological polar surface area (TPSA) is 17.1 Å². The summed E-state index contributed by atoms with van der Waals surface area (Å²) < 4.78 is 2.25. The van der Waals surface area contributed by atoms with Gasteiger partial charge in [-0.3, -0.25) is 4.79 Å². The van der Waals surface area contributed by atoms with E-state index in [1.54, 1.807) is 11.8 Å². The van der Waals surface area contributed by atoms with Crippen molar-refractivity contribution in [2.45, 2.75) is 25.0 Å². The molecule has 0 saturated heterocycles. The molecule has 0 amide bonds. The molecule has 4 heteroatoms. The van der Waals surface area contributed by atoms with Crippen molar-refractivity contribution >= 4 is 45.2 Å². The van der Waals surface area contributed by atoms with Crippen LogP contribution >= 0.6 is 39.5 Å². The molecule has 0 saturated carbocycles. The molecule has 96 valence electrons. The van der Waals surface area contributed by atoms with Crippen LogP contribution in [0.2, 0.25) is 0 Å². The summed E-state index contributed by atoms with van der Waals surface area (Å²) in [6.45, 7) is 4.38. The lowest BCUT2D eigenvalue weighted by atomic mass is 9.97. The average Bonchev–Trinajstić information content (AvgIpc) is 2.63. The van der Waals surface area contributed by atoms with Crippen LogP contribution in [0.15, 0.2) is 38.5 Å². The van der Waals surface area contributed by atoms with E-state index in [0.717, 1.165) is 22.0 Å². The quantitative estimate of drug-likeness (QED) is 0.709. The van der Waals surface area contributed by atoms with Gasteiger partial charge in [0.1, 0.15) is 0 Å². The predicted molar refractivity (Wildman–Crippen MR) is 85.3 cm³/mol. The molecule has 0 fully saturated rings. The highest BCUT2D eigenvalue weighted by molar-refractivity contribution is 9.10. The van der Waals surface area contributed by atoms with Crippen molar-refractivity contribution < 1.29 is 4.79 Å². The van der Waals surface area contributed by atoms with Gasteiger partial charge in [-0.1, -0.05) is 41.9 Å². The Balaban J connectivity index is 2.34. The van der Waals surface area contributed by atoms with E-state index >= 15 is 0 Å². The minimum absolute atomic E-state index is 0.134. The second-order valence-corrected chi connectivity index (χ2v) is 8.56. The summed E-state index contributed by atoms with van der Waals surface area (Å²) in [5.74, 6) is 0.165. The molecule has 18 heavy (non-hydrogen) atoms. The number of rotatable bonds is 3. The first-order valence-electron chi connectivity index (χ1n) is 5.69. The molecule has 1 aromatic rings. The maximum Gasteiger partial charge on any atom is 0.190 e. The second kappa shape index (κ2) is 5.43. The van der Waals surface area contributed by atoms with Crippen LogP contribution in [0.4, 0.5) is 0 Å². The standard InChI is InChI=1S/C14H15BrOS2/c1-14(2)8-11(13(17-3)18-14)12(16)9-5-4-6-10(15)7-9/h4-7H,8H2,1-3H3. The van der Waals surface area contributed by atoms with Crippen molar-refractivity contribution in [1.29, 1.82) is 0 Å². The third-order valence-electron chi connectivity index (χ3n) is 2.76. The molecule has 0 radical (unpaired) electrons. The third kappa shape index (κ3) is 3.03. The first kappa shape index (κ1) is 14.2. The number of carbonyl (C=O) groups excluding carboxylic acids is 1. The molecular weight excluding hydrogens is 328 g/mol. The molecule has 1 heterocycles. The van der Waals surface area contributed by atoms with Gasteiger partial charge in [-0.2, -0.15) is 0 Å². The Kier molecular flexibility index (Phi) is 4.29. The number of hydrogen-bond acceptors (Lipinski definition) is 3. The van der Waals surface area contributed by atoms with E-state index < -0.39 is 0 Å². The lowest BCUT2D eigenvalue weighted by Gasteiger charge is -2.15. The molecule has 1 aliphatic heterocycles. The molecule has 1 aliphatic rings. The summed E-state index contributed by atoms with van der Waals surface area (Å²) in [6, 6.07) is 7.62. The predicted octanol–water partition coefficient (Wildman–Crippen LogP) is 5.12. The number of hydrogen-bond donors (Lipinski definition) is 0. The summed E-state index contributed by atoms with van der Waals surface area (Å²) >= 11 is 6.91. The average molecular weight is 343 g/mol. The first-order chi connectivity index (χ1) is 8.43. The van der Waals surface area contributed by atoms with E-state index in [2.05, 4.69) is 29.8 Å². The number of halogens is 1. The third-order valence-corrected chi connectivity index (χ3v) is 5.75. The van der Waals surface area contributed by atoms with Gasteiger partial charge in [-0.05, 0) is 24.8 Å². The molecule has 0 unspecified atom stereocenters. The van der Waals surface area contributed by atoms with Crippen molar-refractivity contribution in [2.24, 2.45) is 0 Å². The Labute approximate surface area is 125 Å². The lowest BCUT2D eigenvalue weighted by Crippen LogP contribution is -2.12. The molecule has 0 spiro atoms. The van der Waals surface area contributed by atoms with Crippen LogP contribution in [0, 0.1) is 0 Å². The van der Waals surface area contributed by atoms with E-state index in [1.165, 1.54) is 4.24 Å². The van der Waals surface area contributed by atoms with E-state index in [-0.39, 0.29) is 10.5 Å². The first-order valence-corrected chi connectivity index (χ1v) is 8.53. The maximum absolute atomic E-state index is 12.6. The maximum atomic E-state index is 12.6. The Bertz CT molecular complexity index is 520. The SMILES string of the molecule is CSC1=C(C(=O)c2cccc(Br)c2)CC(C)(C)S1. The van der Waals surface area contributed by atoms with Crippen LogP contribution in [0.5, 0.6) is 0 Å². The lowest BCUT2D eigenvalue weighted by molar-refractivity contribution is 0.103. The highest BCUT2D eigenvalue weighted by Gasteiger charge is 2.34. The monoisotopic (exact) mass is 342 g/mol. The van der Waals surface area contributed by atoms with Gasteiger partial charge >= 0.3 is 0 Å². The van der Waals surface area contributed by atoms with Crippen molar-refractivity contribution in [3.05, 3.63) is 44.1 Å². The molecule has 0 bridgehead atoms. The van der Waals surface area contributed by atoms with Gasteiger partial charge in [-0.15, -0.1) is 23.5 Å². The van der Waals surface area contributed by atoms with Gasteiger partial charge in [0.15, 0.2) is 5.78 Å². The largest absolute Gasteiger partial charge is 0.289 e. The molecule has 0 aliphatic carbocycles. The van der Waals surface area contributed by atoms with Gasteiger partial charge in [-0.25, -0.2) is 0 Å². The molecule has 0 aromatic heterocycles. The van der Waals surface area contributed by atoms with Crippen molar-refractivity contribution in [2.75, 3.05) is 6.26 Å². The fourth-order valence-electron chi connectivity index (χ4n) is 1.99. The summed E-state index contributed by atoms with van der Waals surface area (Å²) in [7, 11) is 0. The number of allylic oxidation sites excluding steroid dienone is 1. The Hall–Kier alpha value is -0.190. The number of benzene rings is 1. The van der Waals surface area contributed by atoms with Gasteiger partial charge in [0, 0.05) is 24.6 Å². The second-order valence-electron chi connectivity index (χ2n) is 4.85. The van der Waals surface area contributed by atoms with Crippen LogP contribution in [0.25, 0.3) is 0 Å². The van der Waals surface area contributed by atoms with Crippen LogP contribution < -0.4 is 0 Å². The Morgan fingerprint density at radius 3 is 2.78 bits per heavy atom. The number of ketones is 1. The fraction of sp³-hybridized carbons (Fsp3) is 0.357. The molecule has 0 atom stereocenters. The minimum atomic E-state index is 0.134. The van der Waals surface area contributed by atoms with E-state index in [0.29, 0.717) is 0 Å². The van der Waals surface area contributed by atoms with Crippen LogP contribution in [0.1, 0.15) is 30.6 Å². The Morgan fingerprint density at radius 2 is 2.17 bits per heavy atom. The van der Waals surface area contributed by atoms with Crippen molar-refractivity contribution in [3.63, 3.8) is 0 Å². The van der Waals surface area contributed by atoms with E-state index in [9.17, 15) is 4.79 Å². The summed E-state index contributed by atoms with van der Waals surface area (Å²) in [4.78, 5) is 12.6. The summed E-state index contributed by atoms with van der Waals surface area (Å²) in [5.41, 5.74) is 1.74. The normalized spacial score (nSPS) is 18.2. The van der Waals surface area contributed by atoms with Gasteiger partial charge < -0.3 is 0 Å².